The summed E-state index contributed by atoms with van der Waals surface area (Å²) in [5.41, 5.74) is 6.50. The van der Waals surface area contributed by atoms with Gasteiger partial charge in [0.2, 0.25) is 0 Å². The van der Waals surface area contributed by atoms with Crippen LogP contribution in [0.1, 0.15) is 33.2 Å². The quantitative estimate of drug-likeness (QED) is 0.804. The first kappa shape index (κ1) is 17.0. The Morgan fingerprint density at radius 1 is 1.04 bits per heavy atom. The van der Waals surface area contributed by atoms with Crippen LogP contribution in [0.3, 0.4) is 0 Å². The summed E-state index contributed by atoms with van der Waals surface area (Å²) in [5.74, 6) is -0.362. The Bertz CT molecular complexity index is 732. The van der Waals surface area contributed by atoms with Crippen LogP contribution in [0.25, 0.3) is 0 Å². The summed E-state index contributed by atoms with van der Waals surface area (Å²) in [7, 11) is 0. The van der Waals surface area contributed by atoms with E-state index in [0.29, 0.717) is 23.5 Å². The van der Waals surface area contributed by atoms with Gasteiger partial charge in [-0.25, -0.2) is 0 Å². The van der Waals surface area contributed by atoms with Crippen molar-refractivity contribution in [2.75, 3.05) is 6.61 Å². The molecule has 0 atom stereocenters. The third-order valence-corrected chi connectivity index (χ3v) is 3.66. The largest absolute Gasteiger partial charge is 0.493 e. The Morgan fingerprint density at radius 3 is 2.35 bits per heavy atom. The highest BCUT2D eigenvalue weighted by atomic mass is 79.9. The molecule has 120 valence electrons. The molecule has 0 unspecified atom stereocenters. The average molecular weight is 377 g/mol. The van der Waals surface area contributed by atoms with E-state index in [1.54, 1.807) is 30.3 Å². The van der Waals surface area contributed by atoms with E-state index in [9.17, 15) is 9.59 Å². The lowest BCUT2D eigenvalue weighted by atomic mass is 10.1. The fraction of sp³-hybridized carbons (Fsp3) is 0.176. The standard InChI is InChI=1S/C17H17BrN2O3/c1-3-23-15-9-8-12(18)10-14(15)17(22)20-19-16(21)13-7-5-4-6-11(13)2/h4-10H,3H2,1-2H3,(H,19,21)(H,20,22). The Labute approximate surface area is 143 Å². The molecule has 2 aromatic carbocycles. The van der Waals surface area contributed by atoms with E-state index in [0.717, 1.165) is 10.0 Å². The van der Waals surface area contributed by atoms with Gasteiger partial charge in [0.05, 0.1) is 12.2 Å². The Kier molecular flexibility index (Phi) is 5.76. The number of carbonyl (C=O) groups excluding carboxylic acids is 2. The van der Waals surface area contributed by atoms with Crippen LogP contribution in [-0.4, -0.2) is 18.4 Å². The summed E-state index contributed by atoms with van der Waals surface area (Å²) in [6.07, 6.45) is 0. The smallest absolute Gasteiger partial charge is 0.273 e. The van der Waals surface area contributed by atoms with E-state index in [2.05, 4.69) is 26.8 Å². The number of hydrazine groups is 1. The van der Waals surface area contributed by atoms with Crippen molar-refractivity contribution < 1.29 is 14.3 Å². The van der Waals surface area contributed by atoms with E-state index in [1.807, 2.05) is 26.0 Å². The maximum atomic E-state index is 12.3. The monoisotopic (exact) mass is 376 g/mol. The second-order valence-electron chi connectivity index (χ2n) is 4.80. The fourth-order valence-corrected chi connectivity index (χ4v) is 2.40. The first-order valence-corrected chi connectivity index (χ1v) is 7.91. The number of carbonyl (C=O) groups is 2. The van der Waals surface area contributed by atoms with Crippen LogP contribution in [0.2, 0.25) is 0 Å². The number of benzene rings is 2. The SMILES string of the molecule is CCOc1ccc(Br)cc1C(=O)NNC(=O)c1ccccc1C. The first-order chi connectivity index (χ1) is 11.0. The third kappa shape index (κ3) is 4.32. The van der Waals surface area contributed by atoms with Gasteiger partial charge in [-0.1, -0.05) is 34.1 Å². The van der Waals surface area contributed by atoms with Crippen molar-refractivity contribution in [3.05, 3.63) is 63.6 Å². The summed E-state index contributed by atoms with van der Waals surface area (Å²) in [4.78, 5) is 24.4. The highest BCUT2D eigenvalue weighted by molar-refractivity contribution is 9.10. The molecule has 23 heavy (non-hydrogen) atoms. The minimum absolute atomic E-state index is 0.339. The Balaban J connectivity index is 2.09. The minimum atomic E-state index is -0.448. The molecule has 2 aromatic rings. The summed E-state index contributed by atoms with van der Waals surface area (Å²) in [6, 6.07) is 12.3. The predicted octanol–water partition coefficient (Wildman–Crippen LogP) is 3.23. The molecule has 2 rings (SSSR count). The summed E-state index contributed by atoms with van der Waals surface area (Å²) >= 11 is 3.32. The number of nitrogens with one attached hydrogen (secondary N) is 2. The van der Waals surface area contributed by atoms with Gasteiger partial charge in [0.25, 0.3) is 11.8 Å². The molecule has 0 spiro atoms. The molecule has 0 saturated heterocycles. The van der Waals surface area contributed by atoms with Gasteiger partial charge >= 0.3 is 0 Å². The second-order valence-corrected chi connectivity index (χ2v) is 5.71. The highest BCUT2D eigenvalue weighted by Gasteiger charge is 2.15. The minimum Gasteiger partial charge on any atom is -0.493 e. The molecular formula is C17H17BrN2O3. The van der Waals surface area contributed by atoms with Gasteiger partial charge in [-0.05, 0) is 43.7 Å². The predicted molar refractivity (Wildman–Crippen MR) is 91.4 cm³/mol. The molecular weight excluding hydrogens is 360 g/mol. The molecule has 0 bridgehead atoms. The lowest BCUT2D eigenvalue weighted by Gasteiger charge is -2.12. The maximum absolute atomic E-state index is 12.3. The van der Waals surface area contributed by atoms with Crippen molar-refractivity contribution >= 4 is 27.7 Å². The van der Waals surface area contributed by atoms with Crippen LogP contribution in [-0.2, 0) is 0 Å². The number of ether oxygens (including phenoxy) is 1. The fourth-order valence-electron chi connectivity index (χ4n) is 2.04. The van der Waals surface area contributed by atoms with E-state index in [4.69, 9.17) is 4.74 Å². The van der Waals surface area contributed by atoms with Crippen molar-refractivity contribution in [3.8, 4) is 5.75 Å². The van der Waals surface area contributed by atoms with Crippen LogP contribution in [0.15, 0.2) is 46.9 Å². The van der Waals surface area contributed by atoms with Gasteiger partial charge in [0.15, 0.2) is 0 Å². The molecule has 6 heteroatoms. The highest BCUT2D eigenvalue weighted by Crippen LogP contribution is 2.23. The van der Waals surface area contributed by atoms with Crippen LogP contribution in [0.5, 0.6) is 5.75 Å². The van der Waals surface area contributed by atoms with Gasteiger partial charge in [0, 0.05) is 10.0 Å². The number of amides is 2. The zero-order chi connectivity index (χ0) is 16.8. The van der Waals surface area contributed by atoms with Crippen molar-refractivity contribution in [2.45, 2.75) is 13.8 Å². The summed E-state index contributed by atoms with van der Waals surface area (Å²) in [6.45, 7) is 4.11. The normalized spacial score (nSPS) is 10.0. The van der Waals surface area contributed by atoms with Crippen LogP contribution < -0.4 is 15.6 Å². The molecule has 0 fully saturated rings. The Hall–Kier alpha value is -2.34. The number of hydrogen-bond donors (Lipinski definition) is 2. The maximum Gasteiger partial charge on any atom is 0.273 e. The molecule has 5 nitrogen and oxygen atoms in total. The molecule has 0 heterocycles. The first-order valence-electron chi connectivity index (χ1n) is 7.11. The van der Waals surface area contributed by atoms with E-state index >= 15 is 0 Å². The van der Waals surface area contributed by atoms with Gasteiger partial charge in [0.1, 0.15) is 5.75 Å². The summed E-state index contributed by atoms with van der Waals surface area (Å²) < 4.78 is 6.18. The van der Waals surface area contributed by atoms with Crippen LogP contribution in [0.4, 0.5) is 0 Å². The van der Waals surface area contributed by atoms with E-state index in [1.165, 1.54) is 0 Å². The second kappa shape index (κ2) is 7.78. The number of rotatable bonds is 4. The van der Waals surface area contributed by atoms with Crippen molar-refractivity contribution in [1.29, 1.82) is 0 Å². The third-order valence-electron chi connectivity index (χ3n) is 3.17. The zero-order valence-corrected chi connectivity index (χ0v) is 14.4. The lowest BCUT2D eigenvalue weighted by molar-refractivity contribution is 0.0844. The molecule has 0 aliphatic heterocycles. The molecule has 0 aromatic heterocycles. The topological polar surface area (TPSA) is 67.4 Å². The van der Waals surface area contributed by atoms with Crippen molar-refractivity contribution in [3.63, 3.8) is 0 Å². The van der Waals surface area contributed by atoms with Gasteiger partial charge in [-0.3, -0.25) is 20.4 Å². The molecule has 2 N–H and O–H groups in total. The molecule has 0 aliphatic rings. The van der Waals surface area contributed by atoms with Crippen LogP contribution in [0, 0.1) is 6.92 Å². The van der Waals surface area contributed by atoms with Gasteiger partial charge < -0.3 is 4.74 Å². The lowest BCUT2D eigenvalue weighted by Crippen LogP contribution is -2.42. The Morgan fingerprint density at radius 2 is 1.70 bits per heavy atom. The number of halogens is 1. The molecule has 0 saturated carbocycles. The number of hydrogen-bond acceptors (Lipinski definition) is 3. The molecule has 0 aliphatic carbocycles. The average Bonchev–Trinajstić information content (AvgIpc) is 2.54. The zero-order valence-electron chi connectivity index (χ0n) is 12.9. The van der Waals surface area contributed by atoms with Crippen molar-refractivity contribution in [2.24, 2.45) is 0 Å². The van der Waals surface area contributed by atoms with Gasteiger partial charge in [-0.2, -0.15) is 0 Å². The van der Waals surface area contributed by atoms with E-state index in [-0.39, 0.29) is 5.91 Å². The van der Waals surface area contributed by atoms with Crippen molar-refractivity contribution in [1.82, 2.24) is 10.9 Å². The summed E-state index contributed by atoms with van der Waals surface area (Å²) in [5, 5.41) is 0. The van der Waals surface area contributed by atoms with Gasteiger partial charge in [-0.15, -0.1) is 0 Å². The molecule has 0 radical (unpaired) electrons. The van der Waals surface area contributed by atoms with Crippen LogP contribution >= 0.6 is 15.9 Å². The molecule has 2 amide bonds. The van der Waals surface area contributed by atoms with E-state index < -0.39 is 5.91 Å². The number of aryl methyl sites for hydroxylation is 1.